The van der Waals surface area contributed by atoms with Crippen LogP contribution in [0.3, 0.4) is 0 Å². The molecule has 1 N–H and O–H groups in total. The Kier molecular flexibility index (Phi) is 12.4. The summed E-state index contributed by atoms with van der Waals surface area (Å²) in [6.07, 6.45) is 2.02. The molecular weight excluding hydrogens is 863 g/mol. The molecule has 56 heavy (non-hydrogen) atoms. The SMILES string of the molecule is CC(C)c1cc(-c2ccccc2)cc(C(C)C)c1-n1c(-c2ccccc2O)nc2ccccc21.Cc1[c-]c(-c2ncc(C(C)C)c3ccccc23)cc(C)c1.[Ir]. The maximum absolute atomic E-state index is 10.8. The number of imidazole rings is 1. The van der Waals surface area contributed by atoms with Crippen molar-refractivity contribution in [1.29, 1.82) is 0 Å². The number of aryl methyl sites for hydroxylation is 2. The Bertz CT molecular complexity index is 2570. The third-order valence-electron chi connectivity index (χ3n) is 10.3. The number of aromatic nitrogens is 3. The summed E-state index contributed by atoms with van der Waals surface area (Å²) in [7, 11) is 0. The zero-order chi connectivity index (χ0) is 38.8. The first-order valence-electron chi connectivity index (χ1n) is 19.4. The molecule has 6 aromatic carbocycles. The van der Waals surface area contributed by atoms with Gasteiger partial charge in [-0.05, 0) is 98.4 Å². The first-order valence-corrected chi connectivity index (χ1v) is 19.4. The molecule has 0 fully saturated rings. The van der Waals surface area contributed by atoms with Gasteiger partial charge in [0.1, 0.15) is 11.6 Å². The van der Waals surface area contributed by atoms with Crippen molar-refractivity contribution in [2.24, 2.45) is 0 Å². The summed E-state index contributed by atoms with van der Waals surface area (Å²) in [5, 5.41) is 13.3. The number of phenols is 1. The summed E-state index contributed by atoms with van der Waals surface area (Å²) < 4.78 is 2.25. The molecule has 0 aliphatic carbocycles. The van der Waals surface area contributed by atoms with Crippen LogP contribution in [-0.4, -0.2) is 19.6 Å². The van der Waals surface area contributed by atoms with E-state index in [4.69, 9.17) is 9.97 Å². The molecule has 2 heterocycles. The van der Waals surface area contributed by atoms with E-state index in [2.05, 4.69) is 157 Å². The average Bonchev–Trinajstić information content (AvgIpc) is 3.56. The van der Waals surface area contributed by atoms with E-state index < -0.39 is 0 Å². The Morgan fingerprint density at radius 2 is 1.20 bits per heavy atom. The molecule has 0 amide bonds. The van der Waals surface area contributed by atoms with Gasteiger partial charge in [-0.3, -0.25) is 4.57 Å². The summed E-state index contributed by atoms with van der Waals surface area (Å²) in [5.74, 6) is 2.07. The second kappa shape index (κ2) is 17.2. The molecule has 0 atom stereocenters. The van der Waals surface area contributed by atoms with Gasteiger partial charge in [-0.2, -0.15) is 0 Å². The van der Waals surface area contributed by atoms with Crippen LogP contribution in [0.15, 0.2) is 134 Å². The van der Waals surface area contributed by atoms with Crippen LogP contribution in [0.25, 0.3) is 61.3 Å². The Hall–Kier alpha value is -5.35. The minimum atomic E-state index is 0. The average molecular weight is 913 g/mol. The van der Waals surface area contributed by atoms with Gasteiger partial charge in [0.2, 0.25) is 0 Å². The van der Waals surface area contributed by atoms with Crippen molar-refractivity contribution in [1.82, 2.24) is 14.5 Å². The minimum absolute atomic E-state index is 0. The van der Waals surface area contributed by atoms with Crippen molar-refractivity contribution in [2.45, 2.75) is 73.1 Å². The maximum atomic E-state index is 10.8. The number of para-hydroxylation sites is 3. The Morgan fingerprint density at radius 3 is 1.84 bits per heavy atom. The smallest absolute Gasteiger partial charge is 0.149 e. The molecule has 0 unspecified atom stereocenters. The van der Waals surface area contributed by atoms with Crippen molar-refractivity contribution in [2.75, 3.05) is 0 Å². The standard InChI is InChI=1S/C31H30N2O.C20H20N.Ir/c1-20(2)25-18-23(22-12-6-5-7-13-22)19-26(21(3)4)30(25)33-28-16-10-9-15-27(28)32-31(33)24-14-8-11-17-29(24)34;1-13(2)19-12-21-20(18-8-6-5-7-17(18)19)16-10-14(3)9-15(4)11-16;/h5-21,34H,1-4H3;5-10,12-13H,1-4H3;/q;-1;. The Balaban J connectivity index is 0.000000208. The number of benzene rings is 6. The molecule has 285 valence electrons. The van der Waals surface area contributed by atoms with Gasteiger partial charge >= 0.3 is 0 Å². The topological polar surface area (TPSA) is 50.9 Å². The van der Waals surface area contributed by atoms with Crippen LogP contribution in [0.5, 0.6) is 5.75 Å². The van der Waals surface area contributed by atoms with E-state index in [0.29, 0.717) is 17.8 Å². The number of pyridine rings is 1. The molecule has 0 aliphatic rings. The van der Waals surface area contributed by atoms with Gasteiger partial charge in [-0.1, -0.05) is 134 Å². The van der Waals surface area contributed by atoms with Crippen molar-refractivity contribution in [3.63, 3.8) is 0 Å². The van der Waals surface area contributed by atoms with Crippen LogP contribution in [0.4, 0.5) is 0 Å². The fourth-order valence-corrected chi connectivity index (χ4v) is 7.62. The van der Waals surface area contributed by atoms with Gasteiger partial charge in [0.05, 0.1) is 22.3 Å². The van der Waals surface area contributed by atoms with E-state index in [1.54, 1.807) is 6.07 Å². The van der Waals surface area contributed by atoms with Gasteiger partial charge in [-0.15, -0.1) is 34.9 Å². The number of rotatable bonds is 7. The molecule has 8 aromatic rings. The molecular formula is C51H50IrN3O-. The second-order valence-electron chi connectivity index (χ2n) is 15.5. The van der Waals surface area contributed by atoms with Crippen molar-refractivity contribution < 1.29 is 25.2 Å². The quantitative estimate of drug-likeness (QED) is 0.162. The molecule has 0 spiro atoms. The first kappa shape index (κ1) is 40.3. The number of hydrogen-bond acceptors (Lipinski definition) is 3. The van der Waals surface area contributed by atoms with E-state index >= 15 is 0 Å². The van der Waals surface area contributed by atoms with Gasteiger partial charge in [0, 0.05) is 26.3 Å². The second-order valence-corrected chi connectivity index (χ2v) is 15.5. The fourth-order valence-electron chi connectivity index (χ4n) is 7.62. The third kappa shape index (κ3) is 8.12. The van der Waals surface area contributed by atoms with Crippen LogP contribution in [0, 0.1) is 19.9 Å². The monoisotopic (exact) mass is 913 g/mol. The van der Waals surface area contributed by atoms with Gasteiger partial charge < -0.3 is 10.1 Å². The van der Waals surface area contributed by atoms with E-state index in [1.165, 1.54) is 44.2 Å². The number of aromatic hydroxyl groups is 1. The molecule has 4 nitrogen and oxygen atoms in total. The van der Waals surface area contributed by atoms with Crippen molar-refractivity contribution in [3.05, 3.63) is 167 Å². The Labute approximate surface area is 345 Å². The molecule has 1 radical (unpaired) electrons. The van der Waals surface area contributed by atoms with Gasteiger partial charge in [-0.25, -0.2) is 4.98 Å². The maximum Gasteiger partial charge on any atom is 0.149 e. The van der Waals surface area contributed by atoms with E-state index in [9.17, 15) is 5.11 Å². The zero-order valence-corrected chi connectivity index (χ0v) is 36.0. The normalized spacial score (nSPS) is 11.3. The first-order chi connectivity index (χ1) is 26.5. The van der Waals surface area contributed by atoms with E-state index in [-0.39, 0.29) is 25.9 Å². The van der Waals surface area contributed by atoms with Crippen LogP contribution >= 0.6 is 0 Å². The predicted molar refractivity (Wildman–Crippen MR) is 231 cm³/mol. The summed E-state index contributed by atoms with van der Waals surface area (Å²) in [5.41, 5.74) is 14.7. The number of phenolic OH excluding ortho intramolecular Hbond substituents is 1. The predicted octanol–water partition coefficient (Wildman–Crippen LogP) is 13.8. The Morgan fingerprint density at radius 1 is 0.607 bits per heavy atom. The van der Waals surface area contributed by atoms with Crippen molar-refractivity contribution >= 4 is 21.8 Å². The van der Waals surface area contributed by atoms with E-state index in [0.717, 1.165) is 44.9 Å². The molecule has 0 aliphatic heterocycles. The third-order valence-corrected chi connectivity index (χ3v) is 10.3. The van der Waals surface area contributed by atoms with Crippen LogP contribution in [-0.2, 0) is 20.1 Å². The van der Waals surface area contributed by atoms with Crippen LogP contribution in [0.2, 0.25) is 0 Å². The number of nitrogens with zero attached hydrogens (tertiary/aromatic N) is 3. The largest absolute Gasteiger partial charge is 0.507 e. The van der Waals surface area contributed by atoms with Crippen LogP contribution < -0.4 is 0 Å². The van der Waals surface area contributed by atoms with E-state index in [1.807, 2.05) is 36.5 Å². The van der Waals surface area contributed by atoms with Crippen molar-refractivity contribution in [3.8, 4) is 45.2 Å². The molecule has 0 saturated heterocycles. The summed E-state index contributed by atoms with van der Waals surface area (Å²) >= 11 is 0. The van der Waals surface area contributed by atoms with Gasteiger partial charge in [0.15, 0.2) is 0 Å². The molecule has 5 heteroatoms. The van der Waals surface area contributed by atoms with Gasteiger partial charge in [0.25, 0.3) is 0 Å². The fraction of sp³-hybridized carbons (Fsp3) is 0.216. The summed E-state index contributed by atoms with van der Waals surface area (Å²) in [6.45, 7) is 17.6. The minimum Gasteiger partial charge on any atom is -0.507 e. The molecule has 2 aromatic heterocycles. The summed E-state index contributed by atoms with van der Waals surface area (Å²) in [4.78, 5) is 9.75. The molecule has 0 bridgehead atoms. The molecule has 8 rings (SSSR count). The zero-order valence-electron chi connectivity index (χ0n) is 33.6. The van der Waals surface area contributed by atoms with Crippen LogP contribution in [0.1, 0.15) is 87.1 Å². The molecule has 0 saturated carbocycles. The number of hydrogen-bond donors (Lipinski definition) is 1. The number of fused-ring (bicyclic) bond motifs is 2. The summed E-state index contributed by atoms with van der Waals surface area (Å²) in [6, 6.07) is 47.2.